The number of hydrogen-bond donors (Lipinski definition) is 2. The van der Waals surface area contributed by atoms with Gasteiger partial charge in [-0.2, -0.15) is 0 Å². The normalized spacial score (nSPS) is 24.5. The molecule has 2 unspecified atom stereocenters. The highest BCUT2D eigenvalue weighted by molar-refractivity contribution is 7.92. The van der Waals surface area contributed by atoms with Gasteiger partial charge in [0.05, 0.1) is 12.2 Å². The van der Waals surface area contributed by atoms with Crippen molar-refractivity contribution in [3.63, 3.8) is 0 Å². The van der Waals surface area contributed by atoms with Gasteiger partial charge in [0, 0.05) is 37.2 Å². The van der Waals surface area contributed by atoms with Crippen LogP contribution in [0.2, 0.25) is 5.02 Å². The van der Waals surface area contributed by atoms with Crippen molar-refractivity contribution in [1.29, 1.82) is 0 Å². The van der Waals surface area contributed by atoms with E-state index in [-0.39, 0.29) is 43.8 Å². The Kier molecular flexibility index (Phi) is 10.5. The highest BCUT2D eigenvalue weighted by Gasteiger charge is 2.49. The van der Waals surface area contributed by atoms with Crippen LogP contribution in [0.3, 0.4) is 0 Å². The van der Waals surface area contributed by atoms with E-state index in [1.165, 1.54) is 6.42 Å². The van der Waals surface area contributed by atoms with Crippen LogP contribution in [0, 0.1) is 0 Å². The first kappa shape index (κ1) is 31.6. The molecule has 5 rings (SSSR count). The zero-order chi connectivity index (χ0) is 30.3. The van der Waals surface area contributed by atoms with Crippen molar-refractivity contribution < 1.29 is 32.3 Å². The molecule has 3 fully saturated rings. The number of rotatable bonds is 8. The van der Waals surface area contributed by atoms with E-state index in [0.717, 1.165) is 38.5 Å². The van der Waals surface area contributed by atoms with E-state index >= 15 is 0 Å². The molecule has 1 aliphatic carbocycles. The topological polar surface area (TPSA) is 123 Å². The number of nitrogens with zero attached hydrogens (tertiary/aromatic N) is 1. The molecule has 2 aromatic carbocycles. The number of hydrogen-bond acceptors (Lipinski definition) is 7. The van der Waals surface area contributed by atoms with Crippen LogP contribution in [0.4, 0.5) is 4.79 Å². The van der Waals surface area contributed by atoms with Crippen molar-refractivity contribution in [2.45, 2.75) is 81.3 Å². The molecule has 2 aliphatic heterocycles. The zero-order valence-corrected chi connectivity index (χ0v) is 25.8. The molecule has 2 N–H and O–H groups in total. The smallest absolute Gasteiger partial charge is 0.317 e. The largest absolute Gasteiger partial charge is 0.457 e. The third-order valence-electron chi connectivity index (χ3n) is 8.55. The summed E-state index contributed by atoms with van der Waals surface area (Å²) in [5.74, 6) is 0.242. The van der Waals surface area contributed by atoms with Crippen LogP contribution in [0.5, 0.6) is 11.5 Å². The summed E-state index contributed by atoms with van der Waals surface area (Å²) in [7, 11) is -3.91. The lowest BCUT2D eigenvalue weighted by Crippen LogP contribution is -2.46. The average Bonchev–Trinajstić information content (AvgIpc) is 3.14. The van der Waals surface area contributed by atoms with E-state index in [1.54, 1.807) is 53.4 Å². The van der Waals surface area contributed by atoms with Gasteiger partial charge in [-0.3, -0.25) is 4.79 Å². The Hall–Kier alpha value is -2.86. The monoisotopic (exact) mass is 633 g/mol. The van der Waals surface area contributed by atoms with Gasteiger partial charge in [0.2, 0.25) is 5.91 Å². The molecule has 2 atom stereocenters. The van der Waals surface area contributed by atoms with Gasteiger partial charge in [-0.05, 0) is 74.1 Å². The second-order valence-electron chi connectivity index (χ2n) is 11.5. The molecule has 0 aromatic heterocycles. The Balaban J connectivity index is 1.36. The summed E-state index contributed by atoms with van der Waals surface area (Å²) in [5, 5.41) is 3.68. The number of sulfone groups is 1. The third-order valence-corrected chi connectivity index (χ3v) is 11.3. The summed E-state index contributed by atoms with van der Waals surface area (Å²) in [6.45, 7) is 0.775. The summed E-state index contributed by atoms with van der Waals surface area (Å²) < 4.78 is 38.0. The molecule has 234 valence electrons. The molecule has 0 bridgehead atoms. The molecule has 3 aliphatic rings. The number of urea groups is 1. The fourth-order valence-corrected chi connectivity index (χ4v) is 8.27. The quantitative estimate of drug-likeness (QED) is 0.370. The standard InChI is InChI=1S/C31H40ClN3O7S/c32-24-11-15-27(16-12-24)41-26-13-9-23(10-14-26)31(22-28(36)34-42-29-8-4-5-20-40-29)17-18-35(19-21-43(31,38)39)30(37)33-25-6-2-1-3-7-25/h9-16,25,29H,1-8,17-22H2,(H,33,37)(H,34,36). The highest BCUT2D eigenvalue weighted by atomic mass is 35.5. The molecule has 2 aromatic rings. The van der Waals surface area contributed by atoms with Crippen molar-refractivity contribution >= 4 is 33.4 Å². The fraction of sp³-hybridized carbons (Fsp3) is 0.548. The van der Waals surface area contributed by atoms with Crippen molar-refractivity contribution in [2.75, 3.05) is 25.4 Å². The van der Waals surface area contributed by atoms with Crippen LogP contribution in [0.25, 0.3) is 0 Å². The number of ether oxygens (including phenoxy) is 2. The number of carbonyl (C=O) groups is 2. The van der Waals surface area contributed by atoms with Gasteiger partial charge in [-0.25, -0.2) is 23.5 Å². The fourth-order valence-electron chi connectivity index (χ4n) is 6.05. The summed E-state index contributed by atoms with van der Waals surface area (Å²) in [6, 6.07) is 13.5. The summed E-state index contributed by atoms with van der Waals surface area (Å²) >= 11 is 5.97. The van der Waals surface area contributed by atoms with Gasteiger partial charge in [0.1, 0.15) is 16.2 Å². The van der Waals surface area contributed by atoms with Gasteiger partial charge in [-0.1, -0.05) is 43.0 Å². The Bertz CT molecular complexity index is 1340. The summed E-state index contributed by atoms with van der Waals surface area (Å²) in [4.78, 5) is 33.5. The van der Waals surface area contributed by atoms with Gasteiger partial charge in [0.15, 0.2) is 16.1 Å². The number of halogens is 1. The van der Waals surface area contributed by atoms with Gasteiger partial charge < -0.3 is 19.7 Å². The lowest BCUT2D eigenvalue weighted by molar-refractivity contribution is -0.200. The minimum atomic E-state index is -3.91. The van der Waals surface area contributed by atoms with E-state index in [9.17, 15) is 18.0 Å². The first-order chi connectivity index (χ1) is 20.7. The van der Waals surface area contributed by atoms with Crippen molar-refractivity contribution in [3.8, 4) is 11.5 Å². The predicted molar refractivity (Wildman–Crippen MR) is 162 cm³/mol. The minimum Gasteiger partial charge on any atom is -0.457 e. The van der Waals surface area contributed by atoms with Crippen molar-refractivity contribution in [3.05, 3.63) is 59.1 Å². The number of hydroxylamine groups is 1. The van der Waals surface area contributed by atoms with Crippen molar-refractivity contribution in [1.82, 2.24) is 15.7 Å². The molecule has 0 spiro atoms. The minimum absolute atomic E-state index is 0.0500. The average molecular weight is 634 g/mol. The van der Waals surface area contributed by atoms with Crippen LogP contribution in [0.1, 0.15) is 69.8 Å². The number of nitrogens with one attached hydrogen (secondary N) is 2. The van der Waals surface area contributed by atoms with Crippen LogP contribution in [0.15, 0.2) is 48.5 Å². The molecule has 2 heterocycles. The summed E-state index contributed by atoms with van der Waals surface area (Å²) in [6.07, 6.45) is 6.78. The number of benzene rings is 2. The lowest BCUT2D eigenvalue weighted by atomic mass is 9.90. The Morgan fingerprint density at radius 2 is 1.60 bits per heavy atom. The Morgan fingerprint density at radius 1 is 0.930 bits per heavy atom. The number of carbonyl (C=O) groups excluding carboxylic acids is 2. The van der Waals surface area contributed by atoms with Crippen LogP contribution in [-0.2, 0) is 29.0 Å². The second-order valence-corrected chi connectivity index (χ2v) is 14.4. The van der Waals surface area contributed by atoms with Gasteiger partial charge in [0.25, 0.3) is 0 Å². The van der Waals surface area contributed by atoms with E-state index in [2.05, 4.69) is 10.8 Å². The molecule has 12 heteroatoms. The SMILES string of the molecule is O=C(CC1(c2ccc(Oc3ccc(Cl)cc3)cc2)CCN(C(=O)NC2CCCCC2)CCS1(=O)=O)NOC1CCCCO1. The van der Waals surface area contributed by atoms with Crippen molar-refractivity contribution in [2.24, 2.45) is 0 Å². The molecule has 43 heavy (non-hydrogen) atoms. The summed E-state index contributed by atoms with van der Waals surface area (Å²) in [5.41, 5.74) is 2.89. The van der Waals surface area contributed by atoms with E-state index in [0.29, 0.717) is 35.1 Å². The van der Waals surface area contributed by atoms with Gasteiger partial charge >= 0.3 is 6.03 Å². The second kappa shape index (κ2) is 14.3. The molecular weight excluding hydrogens is 594 g/mol. The Morgan fingerprint density at radius 3 is 2.28 bits per heavy atom. The van der Waals surface area contributed by atoms with Crippen LogP contribution in [-0.4, -0.2) is 63.0 Å². The predicted octanol–water partition coefficient (Wildman–Crippen LogP) is 5.45. The third kappa shape index (κ3) is 8.00. The van der Waals surface area contributed by atoms with Gasteiger partial charge in [-0.15, -0.1) is 0 Å². The lowest BCUT2D eigenvalue weighted by Gasteiger charge is -2.33. The van der Waals surface area contributed by atoms with E-state index in [1.807, 2.05) is 0 Å². The molecule has 3 amide bonds. The molecule has 10 nitrogen and oxygen atoms in total. The molecule has 1 saturated carbocycles. The maximum Gasteiger partial charge on any atom is 0.317 e. The first-order valence-corrected chi connectivity index (χ1v) is 17.1. The maximum atomic E-state index is 14.1. The zero-order valence-electron chi connectivity index (χ0n) is 24.3. The van der Waals surface area contributed by atoms with E-state index in [4.69, 9.17) is 25.9 Å². The van der Waals surface area contributed by atoms with Crippen LogP contribution >= 0.6 is 11.6 Å². The van der Waals surface area contributed by atoms with Crippen LogP contribution < -0.4 is 15.5 Å². The first-order valence-electron chi connectivity index (χ1n) is 15.1. The maximum absolute atomic E-state index is 14.1. The molecule has 0 radical (unpaired) electrons. The number of amides is 3. The Labute approximate surface area is 258 Å². The van der Waals surface area contributed by atoms with E-state index < -0.39 is 26.8 Å². The molecular formula is C31H40ClN3O7S. The highest BCUT2D eigenvalue weighted by Crippen LogP contribution is 2.41. The molecule has 2 saturated heterocycles.